The molecular formula is C9H10F4N2. The molecule has 2 nitrogen and oxygen atoms in total. The molecule has 0 unspecified atom stereocenters. The zero-order valence-corrected chi connectivity index (χ0v) is 7.74. The van der Waals surface area contributed by atoms with Gasteiger partial charge in [-0.1, -0.05) is 6.07 Å². The van der Waals surface area contributed by atoms with Crippen molar-refractivity contribution in [2.75, 3.05) is 18.4 Å². The van der Waals surface area contributed by atoms with E-state index in [1.165, 1.54) is 12.1 Å². The van der Waals surface area contributed by atoms with Crippen LogP contribution >= 0.6 is 0 Å². The minimum atomic E-state index is -4.71. The normalized spacial score (nSPS) is 11.5. The molecular weight excluding hydrogens is 212 g/mol. The van der Waals surface area contributed by atoms with E-state index in [1.54, 1.807) is 0 Å². The summed E-state index contributed by atoms with van der Waals surface area (Å²) < 4.78 is 50.3. The molecule has 0 aliphatic carbocycles. The van der Waals surface area contributed by atoms with Crippen LogP contribution in [0.4, 0.5) is 23.2 Å². The Kier molecular flexibility index (Phi) is 3.52. The Labute approximate surface area is 84.1 Å². The third-order valence-corrected chi connectivity index (χ3v) is 1.76. The molecule has 3 N–H and O–H groups in total. The van der Waals surface area contributed by atoms with Crippen molar-refractivity contribution in [1.29, 1.82) is 0 Å². The average molecular weight is 222 g/mol. The van der Waals surface area contributed by atoms with Crippen LogP contribution in [0.5, 0.6) is 0 Å². The Morgan fingerprint density at radius 1 is 1.27 bits per heavy atom. The van der Waals surface area contributed by atoms with Gasteiger partial charge >= 0.3 is 6.18 Å². The number of nitrogens with two attached hydrogens (primary N) is 1. The minimum absolute atomic E-state index is 0.159. The molecule has 84 valence electrons. The van der Waals surface area contributed by atoms with Crippen molar-refractivity contribution < 1.29 is 17.6 Å². The van der Waals surface area contributed by atoms with E-state index in [0.29, 0.717) is 0 Å². The van der Waals surface area contributed by atoms with Crippen LogP contribution < -0.4 is 11.1 Å². The molecule has 0 spiro atoms. The Balaban J connectivity index is 3.09. The standard InChI is InChI=1S/C9H10F4N2/c10-6-2-1-3-7(15-5-4-14)8(6)9(11,12)13/h1-3,15H,4-5,14H2. The number of hydrogen-bond acceptors (Lipinski definition) is 2. The molecule has 6 heteroatoms. The molecule has 1 aromatic rings. The highest BCUT2D eigenvalue weighted by Gasteiger charge is 2.36. The number of hydrogen-bond donors (Lipinski definition) is 2. The molecule has 0 bridgehead atoms. The summed E-state index contributed by atoms with van der Waals surface area (Å²) in [5.41, 5.74) is 3.57. The van der Waals surface area contributed by atoms with E-state index in [9.17, 15) is 17.6 Å². The predicted molar refractivity (Wildman–Crippen MR) is 48.9 cm³/mol. The number of benzene rings is 1. The number of halogens is 4. The maximum absolute atomic E-state index is 13.0. The Morgan fingerprint density at radius 3 is 2.47 bits per heavy atom. The van der Waals surface area contributed by atoms with Gasteiger partial charge in [-0.15, -0.1) is 0 Å². The third kappa shape index (κ3) is 2.82. The van der Waals surface area contributed by atoms with Crippen molar-refractivity contribution in [3.63, 3.8) is 0 Å². The fourth-order valence-corrected chi connectivity index (χ4v) is 1.17. The summed E-state index contributed by atoms with van der Waals surface area (Å²) in [6.07, 6.45) is -4.71. The molecule has 0 heterocycles. The SMILES string of the molecule is NCCNc1cccc(F)c1C(F)(F)F. The maximum Gasteiger partial charge on any atom is 0.421 e. The lowest BCUT2D eigenvalue weighted by Crippen LogP contribution is -2.17. The number of rotatable bonds is 3. The van der Waals surface area contributed by atoms with E-state index >= 15 is 0 Å². The smallest absolute Gasteiger partial charge is 0.383 e. The topological polar surface area (TPSA) is 38.0 Å². The Bertz CT molecular complexity index is 335. The lowest BCUT2D eigenvalue weighted by molar-refractivity contribution is -0.139. The summed E-state index contributed by atoms with van der Waals surface area (Å²) in [6, 6.07) is 3.15. The highest BCUT2D eigenvalue weighted by atomic mass is 19.4. The molecule has 1 aromatic carbocycles. The third-order valence-electron chi connectivity index (χ3n) is 1.76. The van der Waals surface area contributed by atoms with E-state index < -0.39 is 17.6 Å². The van der Waals surface area contributed by atoms with Crippen LogP contribution in [0.15, 0.2) is 18.2 Å². The zero-order valence-electron chi connectivity index (χ0n) is 7.74. The van der Waals surface area contributed by atoms with E-state index in [4.69, 9.17) is 5.73 Å². The molecule has 0 aliphatic rings. The first kappa shape index (κ1) is 11.8. The molecule has 0 saturated carbocycles. The average Bonchev–Trinajstić information content (AvgIpc) is 2.12. The molecule has 0 radical (unpaired) electrons. The minimum Gasteiger partial charge on any atom is -0.383 e. The first-order valence-corrected chi connectivity index (χ1v) is 4.26. The largest absolute Gasteiger partial charge is 0.421 e. The Morgan fingerprint density at radius 2 is 1.93 bits per heavy atom. The maximum atomic E-state index is 13.0. The lowest BCUT2D eigenvalue weighted by Gasteiger charge is -2.14. The molecule has 15 heavy (non-hydrogen) atoms. The molecule has 1 rings (SSSR count). The van der Waals surface area contributed by atoms with Crippen LogP contribution in [-0.4, -0.2) is 13.1 Å². The van der Waals surface area contributed by atoms with Crippen molar-refractivity contribution in [1.82, 2.24) is 0 Å². The summed E-state index contributed by atoms with van der Waals surface area (Å²) in [7, 11) is 0. The first-order valence-electron chi connectivity index (χ1n) is 4.26. The van der Waals surface area contributed by atoms with Gasteiger partial charge in [0.15, 0.2) is 0 Å². The van der Waals surface area contributed by atoms with Crippen LogP contribution in [-0.2, 0) is 6.18 Å². The summed E-state index contributed by atoms with van der Waals surface area (Å²) in [6.45, 7) is 0.334. The van der Waals surface area contributed by atoms with Gasteiger partial charge in [-0.25, -0.2) is 4.39 Å². The zero-order chi connectivity index (χ0) is 11.5. The summed E-state index contributed by atoms with van der Waals surface area (Å²) in [5.74, 6) is -1.29. The van der Waals surface area contributed by atoms with Gasteiger partial charge < -0.3 is 11.1 Å². The first-order chi connectivity index (χ1) is 6.96. The van der Waals surface area contributed by atoms with Crippen LogP contribution in [0.3, 0.4) is 0 Å². The molecule has 0 aromatic heterocycles. The van der Waals surface area contributed by atoms with Gasteiger partial charge in [-0.2, -0.15) is 13.2 Å². The van der Waals surface area contributed by atoms with E-state index in [0.717, 1.165) is 6.07 Å². The molecule has 0 fully saturated rings. The van der Waals surface area contributed by atoms with Crippen molar-refractivity contribution in [2.45, 2.75) is 6.18 Å². The summed E-state index contributed by atoms with van der Waals surface area (Å²) in [5, 5.41) is 2.43. The highest BCUT2D eigenvalue weighted by Crippen LogP contribution is 2.36. The molecule has 0 saturated heterocycles. The number of nitrogens with one attached hydrogen (secondary N) is 1. The summed E-state index contributed by atoms with van der Waals surface area (Å²) >= 11 is 0. The van der Waals surface area contributed by atoms with E-state index in [-0.39, 0.29) is 18.8 Å². The second-order valence-electron chi connectivity index (χ2n) is 2.88. The van der Waals surface area contributed by atoms with E-state index in [2.05, 4.69) is 5.32 Å². The van der Waals surface area contributed by atoms with Crippen LogP contribution in [0.1, 0.15) is 5.56 Å². The number of anilines is 1. The quantitative estimate of drug-likeness (QED) is 0.769. The summed E-state index contributed by atoms with van der Waals surface area (Å²) in [4.78, 5) is 0. The van der Waals surface area contributed by atoms with Crippen LogP contribution in [0.2, 0.25) is 0 Å². The van der Waals surface area contributed by atoms with Crippen molar-refractivity contribution in [3.05, 3.63) is 29.6 Å². The second kappa shape index (κ2) is 4.48. The molecule has 0 amide bonds. The van der Waals surface area contributed by atoms with Gasteiger partial charge in [0.2, 0.25) is 0 Å². The van der Waals surface area contributed by atoms with E-state index in [1.807, 2.05) is 0 Å². The van der Waals surface area contributed by atoms with Crippen molar-refractivity contribution >= 4 is 5.69 Å². The Hall–Kier alpha value is -1.30. The van der Waals surface area contributed by atoms with Crippen molar-refractivity contribution in [3.8, 4) is 0 Å². The van der Waals surface area contributed by atoms with Gasteiger partial charge in [0.25, 0.3) is 0 Å². The lowest BCUT2D eigenvalue weighted by atomic mass is 10.1. The van der Waals surface area contributed by atoms with Crippen molar-refractivity contribution in [2.24, 2.45) is 5.73 Å². The van der Waals surface area contributed by atoms with Gasteiger partial charge in [0.1, 0.15) is 11.4 Å². The highest BCUT2D eigenvalue weighted by molar-refractivity contribution is 5.53. The fraction of sp³-hybridized carbons (Fsp3) is 0.333. The van der Waals surface area contributed by atoms with Gasteiger partial charge in [0.05, 0.1) is 0 Å². The monoisotopic (exact) mass is 222 g/mol. The van der Waals surface area contributed by atoms with Crippen LogP contribution in [0.25, 0.3) is 0 Å². The number of alkyl halides is 3. The van der Waals surface area contributed by atoms with Gasteiger partial charge in [-0.05, 0) is 12.1 Å². The van der Waals surface area contributed by atoms with Crippen LogP contribution in [0, 0.1) is 5.82 Å². The predicted octanol–water partition coefficient (Wildman–Crippen LogP) is 2.22. The second-order valence-corrected chi connectivity index (χ2v) is 2.88. The molecule has 0 atom stereocenters. The fourth-order valence-electron chi connectivity index (χ4n) is 1.17. The van der Waals surface area contributed by atoms with Gasteiger partial charge in [0, 0.05) is 18.8 Å². The van der Waals surface area contributed by atoms with Gasteiger partial charge in [-0.3, -0.25) is 0 Å². The molecule has 0 aliphatic heterocycles.